The van der Waals surface area contributed by atoms with E-state index in [4.69, 9.17) is 10.5 Å². The van der Waals surface area contributed by atoms with Crippen molar-refractivity contribution >= 4 is 11.3 Å². The largest absolute Gasteiger partial charge is 0.368 e. The standard InChI is InChI=1S/C8H13N3OS/c1-8(3-2-4-12-8)7-11-10-6(5-9)13-7/h2-5,9H2,1H3. The van der Waals surface area contributed by atoms with Crippen LogP contribution >= 0.6 is 11.3 Å². The van der Waals surface area contributed by atoms with Gasteiger partial charge in [-0.3, -0.25) is 0 Å². The number of rotatable bonds is 2. The predicted molar refractivity (Wildman–Crippen MR) is 50.3 cm³/mol. The van der Waals surface area contributed by atoms with Gasteiger partial charge in [-0.1, -0.05) is 11.3 Å². The van der Waals surface area contributed by atoms with Crippen molar-refractivity contribution in [3.05, 3.63) is 10.0 Å². The van der Waals surface area contributed by atoms with Gasteiger partial charge in [0, 0.05) is 13.2 Å². The summed E-state index contributed by atoms with van der Waals surface area (Å²) in [5.74, 6) is 0. The summed E-state index contributed by atoms with van der Waals surface area (Å²) < 4.78 is 5.65. The van der Waals surface area contributed by atoms with E-state index in [0.717, 1.165) is 29.5 Å². The van der Waals surface area contributed by atoms with E-state index in [1.54, 1.807) is 11.3 Å². The Morgan fingerprint density at radius 3 is 3.00 bits per heavy atom. The maximum Gasteiger partial charge on any atom is 0.149 e. The van der Waals surface area contributed by atoms with Crippen molar-refractivity contribution in [1.82, 2.24) is 10.2 Å². The van der Waals surface area contributed by atoms with Crippen LogP contribution in [0.25, 0.3) is 0 Å². The monoisotopic (exact) mass is 199 g/mol. The highest BCUT2D eigenvalue weighted by Crippen LogP contribution is 2.36. The van der Waals surface area contributed by atoms with Crippen LogP contribution in [0.15, 0.2) is 0 Å². The molecule has 13 heavy (non-hydrogen) atoms. The Bertz CT molecular complexity index is 293. The van der Waals surface area contributed by atoms with Crippen molar-refractivity contribution in [2.75, 3.05) is 6.61 Å². The van der Waals surface area contributed by atoms with Crippen LogP contribution in [0.2, 0.25) is 0 Å². The van der Waals surface area contributed by atoms with Gasteiger partial charge in [0.2, 0.25) is 0 Å². The zero-order valence-electron chi connectivity index (χ0n) is 7.62. The fourth-order valence-corrected chi connectivity index (χ4v) is 2.34. The van der Waals surface area contributed by atoms with Crippen LogP contribution < -0.4 is 5.73 Å². The third-order valence-electron chi connectivity index (χ3n) is 2.31. The van der Waals surface area contributed by atoms with E-state index in [-0.39, 0.29) is 5.60 Å². The normalized spacial score (nSPS) is 28.2. The smallest absolute Gasteiger partial charge is 0.149 e. The van der Waals surface area contributed by atoms with Crippen LogP contribution in [0.4, 0.5) is 0 Å². The SMILES string of the molecule is CC1(c2nnc(CN)s2)CCCO1. The average molecular weight is 199 g/mol. The molecule has 1 aliphatic heterocycles. The molecule has 1 aliphatic rings. The first kappa shape index (κ1) is 9.05. The van der Waals surface area contributed by atoms with E-state index >= 15 is 0 Å². The molecule has 2 heterocycles. The van der Waals surface area contributed by atoms with Gasteiger partial charge < -0.3 is 10.5 Å². The second-order valence-electron chi connectivity index (χ2n) is 3.39. The molecule has 0 saturated carbocycles. The summed E-state index contributed by atoms with van der Waals surface area (Å²) in [6.07, 6.45) is 2.14. The Balaban J connectivity index is 2.23. The number of aromatic nitrogens is 2. The number of hydrogen-bond donors (Lipinski definition) is 1. The van der Waals surface area contributed by atoms with Gasteiger partial charge in [0.15, 0.2) is 0 Å². The predicted octanol–water partition coefficient (Wildman–Crippen LogP) is 1.02. The third kappa shape index (κ3) is 1.59. The zero-order valence-corrected chi connectivity index (χ0v) is 8.43. The molecule has 4 nitrogen and oxygen atoms in total. The van der Waals surface area contributed by atoms with Gasteiger partial charge >= 0.3 is 0 Å². The van der Waals surface area contributed by atoms with Gasteiger partial charge in [-0.15, -0.1) is 10.2 Å². The van der Waals surface area contributed by atoms with Crippen LogP contribution in [0.1, 0.15) is 29.8 Å². The molecule has 1 aromatic rings. The summed E-state index contributed by atoms with van der Waals surface area (Å²) in [7, 11) is 0. The molecule has 1 unspecified atom stereocenters. The molecule has 0 aromatic carbocycles. The van der Waals surface area contributed by atoms with Gasteiger partial charge in [-0.05, 0) is 19.8 Å². The second-order valence-corrected chi connectivity index (χ2v) is 4.45. The van der Waals surface area contributed by atoms with Gasteiger partial charge in [0.1, 0.15) is 15.6 Å². The lowest BCUT2D eigenvalue weighted by molar-refractivity contribution is 0.0161. The molecule has 2 N–H and O–H groups in total. The Hall–Kier alpha value is -0.520. The maximum atomic E-state index is 5.65. The molecule has 1 saturated heterocycles. The van der Waals surface area contributed by atoms with Crippen LogP contribution in [-0.2, 0) is 16.9 Å². The molecule has 0 amide bonds. The summed E-state index contributed by atoms with van der Waals surface area (Å²) in [4.78, 5) is 0. The first-order valence-corrected chi connectivity index (χ1v) is 5.23. The average Bonchev–Trinajstić information content (AvgIpc) is 2.72. The van der Waals surface area contributed by atoms with Gasteiger partial charge in [0.05, 0.1) is 0 Å². The summed E-state index contributed by atoms with van der Waals surface area (Å²) in [6, 6.07) is 0. The molecule has 72 valence electrons. The molecule has 0 bridgehead atoms. The number of hydrogen-bond acceptors (Lipinski definition) is 5. The molecule has 5 heteroatoms. The first-order valence-electron chi connectivity index (χ1n) is 4.41. The Morgan fingerprint density at radius 2 is 2.46 bits per heavy atom. The minimum atomic E-state index is -0.203. The molecule has 0 spiro atoms. The van der Waals surface area contributed by atoms with E-state index in [2.05, 4.69) is 17.1 Å². The summed E-state index contributed by atoms with van der Waals surface area (Å²) in [6.45, 7) is 3.36. The second kappa shape index (κ2) is 3.32. The number of ether oxygens (including phenoxy) is 1. The van der Waals surface area contributed by atoms with Gasteiger partial charge in [-0.2, -0.15) is 0 Å². The Kier molecular flexibility index (Phi) is 2.31. The maximum absolute atomic E-state index is 5.65. The van der Waals surface area contributed by atoms with E-state index in [9.17, 15) is 0 Å². The van der Waals surface area contributed by atoms with Crippen molar-refractivity contribution in [3.8, 4) is 0 Å². The van der Waals surface area contributed by atoms with E-state index in [0.29, 0.717) is 6.54 Å². The van der Waals surface area contributed by atoms with Crippen molar-refractivity contribution in [1.29, 1.82) is 0 Å². The van der Waals surface area contributed by atoms with Crippen molar-refractivity contribution < 1.29 is 4.74 Å². The Labute approximate surface area is 81.1 Å². The molecular formula is C8H13N3OS. The van der Waals surface area contributed by atoms with Crippen molar-refractivity contribution in [3.63, 3.8) is 0 Å². The lowest BCUT2D eigenvalue weighted by atomic mass is 10.0. The Morgan fingerprint density at radius 1 is 1.62 bits per heavy atom. The van der Waals surface area contributed by atoms with Crippen molar-refractivity contribution in [2.45, 2.75) is 31.9 Å². The van der Waals surface area contributed by atoms with E-state index in [1.807, 2.05) is 0 Å². The van der Waals surface area contributed by atoms with E-state index in [1.165, 1.54) is 0 Å². The fourth-order valence-electron chi connectivity index (χ4n) is 1.50. The van der Waals surface area contributed by atoms with E-state index < -0.39 is 0 Å². The summed E-state index contributed by atoms with van der Waals surface area (Å²) in [5.41, 5.74) is 5.27. The highest BCUT2D eigenvalue weighted by Gasteiger charge is 2.35. The minimum absolute atomic E-state index is 0.203. The van der Waals surface area contributed by atoms with Gasteiger partial charge in [-0.25, -0.2) is 0 Å². The highest BCUT2D eigenvalue weighted by atomic mass is 32.1. The molecule has 1 fully saturated rings. The van der Waals surface area contributed by atoms with Gasteiger partial charge in [0.25, 0.3) is 0 Å². The molecule has 0 aliphatic carbocycles. The molecule has 1 aromatic heterocycles. The number of nitrogens with two attached hydrogens (primary N) is 1. The highest BCUT2D eigenvalue weighted by molar-refractivity contribution is 7.11. The molecular weight excluding hydrogens is 186 g/mol. The lowest BCUT2D eigenvalue weighted by Crippen LogP contribution is -2.19. The summed E-state index contributed by atoms with van der Waals surface area (Å²) in [5, 5.41) is 9.94. The lowest BCUT2D eigenvalue weighted by Gasteiger charge is -2.18. The van der Waals surface area contributed by atoms with Crippen molar-refractivity contribution in [2.24, 2.45) is 5.73 Å². The summed E-state index contributed by atoms with van der Waals surface area (Å²) >= 11 is 1.56. The van der Waals surface area contributed by atoms with Crippen LogP contribution in [0.5, 0.6) is 0 Å². The third-order valence-corrected chi connectivity index (χ3v) is 3.50. The first-order chi connectivity index (χ1) is 6.24. The quantitative estimate of drug-likeness (QED) is 0.772. The molecule has 0 radical (unpaired) electrons. The topological polar surface area (TPSA) is 61.0 Å². The number of nitrogens with zero attached hydrogens (tertiary/aromatic N) is 2. The van der Waals surface area contributed by atoms with Crippen LogP contribution in [-0.4, -0.2) is 16.8 Å². The minimum Gasteiger partial charge on any atom is -0.368 e. The molecule has 2 rings (SSSR count). The van der Waals surface area contributed by atoms with Crippen LogP contribution in [0, 0.1) is 0 Å². The molecule has 1 atom stereocenters. The fraction of sp³-hybridized carbons (Fsp3) is 0.750. The van der Waals surface area contributed by atoms with Crippen LogP contribution in [0.3, 0.4) is 0 Å². The zero-order chi connectivity index (χ0) is 9.31.